The van der Waals surface area contributed by atoms with Crippen LogP contribution < -0.4 is 4.72 Å². The third-order valence-electron chi connectivity index (χ3n) is 4.02. The number of hydrogen-bond donors (Lipinski definition) is 1. The molecule has 2 heterocycles. The molecule has 138 valence electrons. The highest BCUT2D eigenvalue weighted by Crippen LogP contribution is 2.36. The molecule has 0 saturated carbocycles. The van der Waals surface area contributed by atoms with Crippen LogP contribution in [0.25, 0.3) is 0 Å². The fourth-order valence-electron chi connectivity index (χ4n) is 2.80. The highest BCUT2D eigenvalue weighted by Gasteiger charge is 2.34. The average Bonchev–Trinajstić information content (AvgIpc) is 3.22. The third-order valence-corrected chi connectivity index (χ3v) is 5.60. The largest absolute Gasteiger partial charge is 0.284 e. The number of carbonyl (C=O) groups is 1. The van der Waals surface area contributed by atoms with Crippen LogP contribution in [0, 0.1) is 5.92 Å². The number of nitrogens with one attached hydrogen (secondary N) is 1. The van der Waals surface area contributed by atoms with Gasteiger partial charge in [-0.15, -0.1) is 11.3 Å². The Kier molecular flexibility index (Phi) is 5.15. The lowest BCUT2D eigenvalue weighted by molar-refractivity contribution is -0.136. The van der Waals surface area contributed by atoms with Crippen molar-refractivity contribution in [2.75, 3.05) is 11.0 Å². The summed E-state index contributed by atoms with van der Waals surface area (Å²) in [5.74, 6) is -0.143. The first-order valence-electron chi connectivity index (χ1n) is 8.27. The molecule has 0 aliphatic carbocycles. The first-order chi connectivity index (χ1) is 12.2. The van der Waals surface area contributed by atoms with Crippen LogP contribution in [0.2, 0.25) is 0 Å². The van der Waals surface area contributed by atoms with Gasteiger partial charge in [-0.1, -0.05) is 32.0 Å². The molecule has 8 heteroatoms. The van der Waals surface area contributed by atoms with Crippen LogP contribution in [0.5, 0.6) is 0 Å². The molecule has 3 rings (SSSR count). The molecule has 2 aromatic rings. The van der Waals surface area contributed by atoms with Gasteiger partial charge in [0.05, 0.1) is 18.0 Å². The van der Waals surface area contributed by atoms with Gasteiger partial charge in [0.25, 0.3) is 0 Å². The van der Waals surface area contributed by atoms with E-state index in [1.165, 1.54) is 0 Å². The number of nitrogens with zero attached hydrogens (tertiary/aromatic N) is 2. The Morgan fingerprint density at radius 1 is 1.27 bits per heavy atom. The van der Waals surface area contributed by atoms with Crippen LogP contribution in [0.1, 0.15) is 36.8 Å². The van der Waals surface area contributed by atoms with Gasteiger partial charge in [-0.25, -0.2) is 13.4 Å². The van der Waals surface area contributed by atoms with E-state index < -0.39 is 10.0 Å². The first kappa shape index (κ1) is 18.6. The zero-order valence-electron chi connectivity index (χ0n) is 14.8. The van der Waals surface area contributed by atoms with Crippen LogP contribution in [0.4, 0.5) is 5.69 Å². The lowest BCUT2D eigenvalue weighted by Gasteiger charge is -2.22. The Labute approximate surface area is 157 Å². The minimum absolute atomic E-state index is 0.00577. The van der Waals surface area contributed by atoms with Crippen LogP contribution in [-0.2, 0) is 14.8 Å². The van der Waals surface area contributed by atoms with Gasteiger partial charge in [0.1, 0.15) is 0 Å². The number of amides is 1. The van der Waals surface area contributed by atoms with Crippen LogP contribution in [0.3, 0.4) is 0 Å². The average molecular weight is 392 g/mol. The summed E-state index contributed by atoms with van der Waals surface area (Å²) < 4.78 is 25.1. The molecule has 1 aliphatic heterocycles. The first-order valence-corrected chi connectivity index (χ1v) is 11.0. The highest BCUT2D eigenvalue weighted by atomic mass is 32.2. The van der Waals surface area contributed by atoms with Gasteiger partial charge in [-0.2, -0.15) is 5.10 Å². The van der Waals surface area contributed by atoms with Gasteiger partial charge < -0.3 is 0 Å². The van der Waals surface area contributed by atoms with E-state index in [0.717, 1.165) is 22.4 Å². The van der Waals surface area contributed by atoms with Crippen LogP contribution in [-0.4, -0.2) is 31.3 Å². The van der Waals surface area contributed by atoms with Gasteiger partial charge in [0.2, 0.25) is 15.9 Å². The number of thiophene rings is 1. The minimum atomic E-state index is -3.31. The molecule has 0 bridgehead atoms. The summed E-state index contributed by atoms with van der Waals surface area (Å²) in [6.07, 6.45) is 1.75. The van der Waals surface area contributed by atoms with Gasteiger partial charge in [-0.3, -0.25) is 9.52 Å². The van der Waals surface area contributed by atoms with E-state index >= 15 is 0 Å². The number of hydrogen-bond acceptors (Lipinski definition) is 5. The van der Waals surface area contributed by atoms with E-state index in [-0.39, 0.29) is 17.9 Å². The van der Waals surface area contributed by atoms with Gasteiger partial charge >= 0.3 is 0 Å². The molecule has 0 saturated heterocycles. The third kappa shape index (κ3) is 4.13. The second kappa shape index (κ2) is 7.20. The molecular weight excluding hydrogens is 370 g/mol. The molecule has 0 radical (unpaired) electrons. The zero-order valence-corrected chi connectivity index (χ0v) is 16.5. The summed E-state index contributed by atoms with van der Waals surface area (Å²) in [6.45, 7) is 3.74. The maximum atomic E-state index is 12.6. The maximum absolute atomic E-state index is 12.6. The van der Waals surface area contributed by atoms with Crippen molar-refractivity contribution in [3.63, 3.8) is 0 Å². The number of hydrazone groups is 1. The van der Waals surface area contributed by atoms with Crippen molar-refractivity contribution < 1.29 is 13.2 Å². The monoisotopic (exact) mass is 391 g/mol. The van der Waals surface area contributed by atoms with E-state index in [1.54, 1.807) is 28.5 Å². The lowest BCUT2D eigenvalue weighted by atomic mass is 10.0. The second-order valence-electron chi connectivity index (χ2n) is 6.57. The summed E-state index contributed by atoms with van der Waals surface area (Å²) in [4.78, 5) is 13.7. The molecule has 1 aromatic heterocycles. The van der Waals surface area contributed by atoms with Crippen molar-refractivity contribution in [3.8, 4) is 0 Å². The molecule has 26 heavy (non-hydrogen) atoms. The molecule has 1 aromatic carbocycles. The molecule has 1 aliphatic rings. The van der Waals surface area contributed by atoms with E-state index in [2.05, 4.69) is 9.82 Å². The second-order valence-corrected chi connectivity index (χ2v) is 9.30. The Morgan fingerprint density at radius 3 is 2.50 bits per heavy atom. The molecule has 1 atom stereocenters. The predicted octanol–water partition coefficient (Wildman–Crippen LogP) is 3.45. The van der Waals surface area contributed by atoms with Crippen molar-refractivity contribution in [3.05, 3.63) is 52.2 Å². The Bertz CT molecular complexity index is 917. The smallest absolute Gasteiger partial charge is 0.245 e. The number of carbonyl (C=O) groups excluding carboxylic acids is 1. The van der Waals surface area contributed by atoms with E-state index in [9.17, 15) is 13.2 Å². The van der Waals surface area contributed by atoms with Crippen molar-refractivity contribution in [1.29, 1.82) is 0 Å². The summed E-state index contributed by atoms with van der Waals surface area (Å²) >= 11 is 1.62. The van der Waals surface area contributed by atoms with Gasteiger partial charge in [0.15, 0.2) is 0 Å². The SMILES string of the molecule is CC(C)C(=O)N1N=C(c2ccc(NS(C)(=O)=O)cc2)C[C@@H]1c1cccs1. The molecule has 6 nitrogen and oxygen atoms in total. The Morgan fingerprint density at radius 2 is 1.96 bits per heavy atom. The minimum Gasteiger partial charge on any atom is -0.284 e. The summed E-state index contributed by atoms with van der Waals surface area (Å²) in [5.41, 5.74) is 2.20. The van der Waals surface area contributed by atoms with E-state index in [0.29, 0.717) is 12.1 Å². The molecular formula is C18H21N3O3S2. The van der Waals surface area contributed by atoms with E-state index in [4.69, 9.17) is 0 Å². The Hall–Kier alpha value is -2.19. The summed E-state index contributed by atoms with van der Waals surface area (Å²) in [5, 5.41) is 8.18. The van der Waals surface area contributed by atoms with Gasteiger partial charge in [-0.05, 0) is 29.1 Å². The molecule has 0 spiro atoms. The van der Waals surface area contributed by atoms with Crippen LogP contribution in [0.15, 0.2) is 46.9 Å². The van der Waals surface area contributed by atoms with Gasteiger partial charge in [0, 0.05) is 22.9 Å². The number of anilines is 1. The molecule has 1 amide bonds. The quantitative estimate of drug-likeness (QED) is 0.848. The molecule has 0 unspecified atom stereocenters. The fraction of sp³-hybridized carbons (Fsp3) is 0.333. The molecule has 1 N–H and O–H groups in total. The zero-order chi connectivity index (χ0) is 18.9. The fourth-order valence-corrected chi connectivity index (χ4v) is 4.18. The van der Waals surface area contributed by atoms with Crippen molar-refractivity contribution in [2.45, 2.75) is 26.3 Å². The standard InChI is InChI=1S/C18H21N3O3S2/c1-12(2)18(22)21-16(17-5-4-10-25-17)11-15(19-21)13-6-8-14(9-7-13)20-26(3,23)24/h4-10,12,16,20H,11H2,1-3H3/t16-/m1/s1. The lowest BCUT2D eigenvalue weighted by Crippen LogP contribution is -2.30. The van der Waals surface area contributed by atoms with Crippen molar-refractivity contribution in [1.82, 2.24) is 5.01 Å². The summed E-state index contributed by atoms with van der Waals surface area (Å²) in [7, 11) is -3.31. The van der Waals surface area contributed by atoms with Crippen molar-refractivity contribution >= 4 is 38.7 Å². The predicted molar refractivity (Wildman–Crippen MR) is 105 cm³/mol. The van der Waals surface area contributed by atoms with E-state index in [1.807, 2.05) is 43.5 Å². The maximum Gasteiger partial charge on any atom is 0.245 e. The highest BCUT2D eigenvalue weighted by molar-refractivity contribution is 7.92. The molecule has 0 fully saturated rings. The number of rotatable bonds is 5. The Balaban J connectivity index is 1.87. The van der Waals surface area contributed by atoms with Crippen molar-refractivity contribution in [2.24, 2.45) is 11.0 Å². The number of sulfonamides is 1. The summed E-state index contributed by atoms with van der Waals surface area (Å²) in [6, 6.07) is 10.9. The number of benzene rings is 1. The normalized spacial score (nSPS) is 17.5. The van der Waals surface area contributed by atoms with Crippen LogP contribution >= 0.6 is 11.3 Å². The topological polar surface area (TPSA) is 78.8 Å².